The lowest BCUT2D eigenvalue weighted by Gasteiger charge is -2.10. The SMILES string of the molecule is [C-]#[N+]c1cccc2c1oc1c(C#N)c3c(cc12)c1ccccc1n3-c1ccc2sc3ccc(-n4c5ccccc5c5cc(C#N)ccc54)cc3c2c1. The molecule has 0 spiro atoms. The van der Waals surface area contributed by atoms with E-state index < -0.39 is 0 Å². The number of nitrogens with zero attached hydrogens (tertiary/aromatic N) is 5. The van der Waals surface area contributed by atoms with Gasteiger partial charge in [0.25, 0.3) is 0 Å². The third-order valence-electron chi connectivity index (χ3n) is 10.4. The van der Waals surface area contributed by atoms with Crippen LogP contribution in [0.3, 0.4) is 0 Å². The van der Waals surface area contributed by atoms with Crippen LogP contribution in [0.2, 0.25) is 0 Å². The molecule has 4 aromatic heterocycles. The third-order valence-corrected chi connectivity index (χ3v) is 11.5. The quantitative estimate of drug-likeness (QED) is 0.171. The molecule has 0 saturated carbocycles. The van der Waals surface area contributed by atoms with Gasteiger partial charge in [-0.25, -0.2) is 4.85 Å². The van der Waals surface area contributed by atoms with Gasteiger partial charge in [0, 0.05) is 63.9 Å². The van der Waals surface area contributed by atoms with E-state index in [4.69, 9.17) is 11.0 Å². The molecule has 6 nitrogen and oxygen atoms in total. The lowest BCUT2D eigenvalue weighted by molar-refractivity contribution is 0.670. The van der Waals surface area contributed by atoms with Gasteiger partial charge in [0.2, 0.25) is 5.69 Å². The van der Waals surface area contributed by atoms with Gasteiger partial charge in [0.05, 0.1) is 40.3 Å². The van der Waals surface area contributed by atoms with E-state index in [-0.39, 0.29) is 0 Å². The zero-order chi connectivity index (χ0) is 34.7. The van der Waals surface area contributed by atoms with E-state index in [1.807, 2.05) is 48.5 Å². The van der Waals surface area contributed by atoms with E-state index in [9.17, 15) is 10.5 Å². The summed E-state index contributed by atoms with van der Waals surface area (Å²) in [7, 11) is 0. The second-order valence-electron chi connectivity index (χ2n) is 13.0. The number of benzene rings is 7. The average Bonchev–Trinajstić information content (AvgIpc) is 3.94. The summed E-state index contributed by atoms with van der Waals surface area (Å²) in [5.41, 5.74) is 8.40. The first-order valence-corrected chi connectivity index (χ1v) is 17.6. The number of hydrogen-bond donors (Lipinski definition) is 0. The minimum absolute atomic E-state index is 0.428. The number of para-hydroxylation sites is 3. The van der Waals surface area contributed by atoms with Crippen molar-refractivity contribution >= 4 is 103 Å². The summed E-state index contributed by atoms with van der Waals surface area (Å²) < 4.78 is 13.2. The Bertz CT molecular complexity index is 3520. The van der Waals surface area contributed by atoms with E-state index in [2.05, 4.69) is 98.9 Å². The van der Waals surface area contributed by atoms with Gasteiger partial charge < -0.3 is 13.6 Å². The maximum atomic E-state index is 10.8. The van der Waals surface area contributed by atoms with Crippen LogP contribution in [0.5, 0.6) is 0 Å². The van der Waals surface area contributed by atoms with Crippen LogP contribution in [0, 0.1) is 29.2 Å². The maximum Gasteiger partial charge on any atom is 0.229 e. The van der Waals surface area contributed by atoms with Crippen LogP contribution in [-0.4, -0.2) is 9.13 Å². The van der Waals surface area contributed by atoms with E-state index in [0.717, 1.165) is 76.5 Å². The minimum Gasteiger partial charge on any atom is -0.466 e. The Morgan fingerprint density at radius 3 is 1.90 bits per heavy atom. The molecule has 7 heteroatoms. The number of rotatable bonds is 2. The fourth-order valence-corrected chi connectivity index (χ4v) is 9.24. The Morgan fingerprint density at radius 1 is 0.538 bits per heavy atom. The number of fused-ring (bicyclic) bond motifs is 12. The largest absolute Gasteiger partial charge is 0.466 e. The molecule has 52 heavy (non-hydrogen) atoms. The monoisotopic (exact) mass is 679 g/mol. The zero-order valence-electron chi connectivity index (χ0n) is 27.2. The number of aromatic nitrogens is 2. The number of nitriles is 2. The summed E-state index contributed by atoms with van der Waals surface area (Å²) in [6.07, 6.45) is 0. The summed E-state index contributed by atoms with van der Waals surface area (Å²) >= 11 is 1.76. The standard InChI is InChI=1S/C45H21N5OS/c1-48-37-10-6-9-30-35-22-34-29-8-3-5-12-39(29)50(43(34)36(24-47)44(35)51-45(30)37)27-15-18-42-33(21-27)32-20-26(14-17-41(32)52-42)49-38-11-4-2-7-28(38)31-19-25(23-46)13-16-40(31)49/h2-22H. The maximum absolute atomic E-state index is 10.8. The number of thiophene rings is 1. The third kappa shape index (κ3) is 3.68. The topological polar surface area (TPSA) is 74.9 Å². The van der Waals surface area contributed by atoms with Crippen LogP contribution in [0.25, 0.3) is 102 Å². The molecule has 0 bridgehead atoms. The lowest BCUT2D eigenvalue weighted by atomic mass is 10.0. The van der Waals surface area contributed by atoms with Gasteiger partial charge in [-0.1, -0.05) is 54.6 Å². The van der Waals surface area contributed by atoms with Gasteiger partial charge in [0.15, 0.2) is 5.58 Å². The van der Waals surface area contributed by atoms with Gasteiger partial charge in [-0.3, -0.25) is 0 Å². The minimum atomic E-state index is 0.428. The Hall–Kier alpha value is -7.37. The smallest absolute Gasteiger partial charge is 0.229 e. The Kier molecular flexibility index (Phi) is 5.65. The normalized spacial score (nSPS) is 11.8. The molecule has 0 aliphatic carbocycles. The predicted molar refractivity (Wildman–Crippen MR) is 211 cm³/mol. The molecule has 0 aliphatic rings. The number of hydrogen-bond acceptors (Lipinski definition) is 4. The Balaban J connectivity index is 1.19. The van der Waals surface area contributed by atoms with Crippen molar-refractivity contribution in [2.45, 2.75) is 0 Å². The summed E-state index contributed by atoms with van der Waals surface area (Å²) in [5, 5.41) is 28.5. The number of furan rings is 1. The van der Waals surface area contributed by atoms with Crippen molar-refractivity contribution in [1.82, 2.24) is 9.13 Å². The molecule has 238 valence electrons. The van der Waals surface area contributed by atoms with Crippen molar-refractivity contribution in [1.29, 1.82) is 10.5 Å². The van der Waals surface area contributed by atoms with Crippen molar-refractivity contribution < 1.29 is 4.42 Å². The van der Waals surface area contributed by atoms with E-state index in [1.54, 1.807) is 17.4 Å². The molecule has 0 fully saturated rings. The lowest BCUT2D eigenvalue weighted by Crippen LogP contribution is -1.96. The molecule has 0 radical (unpaired) electrons. The highest BCUT2D eigenvalue weighted by Gasteiger charge is 2.23. The molecule has 0 saturated heterocycles. The zero-order valence-corrected chi connectivity index (χ0v) is 28.0. The molecule has 0 aliphatic heterocycles. The highest BCUT2D eigenvalue weighted by molar-refractivity contribution is 7.25. The summed E-state index contributed by atoms with van der Waals surface area (Å²) in [6.45, 7) is 7.70. The second kappa shape index (κ2) is 10.3. The first kappa shape index (κ1) is 28.5. The van der Waals surface area contributed by atoms with Crippen LogP contribution in [0.1, 0.15) is 11.1 Å². The second-order valence-corrected chi connectivity index (χ2v) is 14.1. The van der Waals surface area contributed by atoms with Crippen LogP contribution >= 0.6 is 11.3 Å². The van der Waals surface area contributed by atoms with Crippen LogP contribution < -0.4 is 0 Å². The van der Waals surface area contributed by atoms with Gasteiger partial charge in [-0.05, 0) is 72.8 Å². The Labute approximate surface area is 299 Å². The molecular formula is C45H21N5OS. The first-order valence-electron chi connectivity index (χ1n) is 16.7. The predicted octanol–water partition coefficient (Wildman–Crippen LogP) is 12.4. The van der Waals surface area contributed by atoms with E-state index in [1.165, 1.54) is 9.40 Å². The van der Waals surface area contributed by atoms with Gasteiger partial charge >= 0.3 is 0 Å². The van der Waals surface area contributed by atoms with Crippen LogP contribution in [-0.2, 0) is 0 Å². The van der Waals surface area contributed by atoms with Crippen molar-refractivity contribution in [2.24, 2.45) is 0 Å². The van der Waals surface area contributed by atoms with E-state index >= 15 is 0 Å². The first-order chi connectivity index (χ1) is 25.6. The molecule has 7 aromatic carbocycles. The fourth-order valence-electron chi connectivity index (χ4n) is 8.17. The van der Waals surface area contributed by atoms with Crippen molar-refractivity contribution in [3.8, 4) is 23.5 Å². The molecule has 11 rings (SSSR count). The molecule has 0 atom stereocenters. The van der Waals surface area contributed by atoms with Crippen LogP contribution in [0.15, 0.2) is 132 Å². The highest BCUT2D eigenvalue weighted by Crippen LogP contribution is 2.44. The molecular weight excluding hydrogens is 659 g/mol. The molecule has 0 amide bonds. The Morgan fingerprint density at radius 2 is 1.19 bits per heavy atom. The van der Waals surface area contributed by atoms with Crippen LogP contribution in [0.4, 0.5) is 5.69 Å². The summed E-state index contributed by atoms with van der Waals surface area (Å²) in [4.78, 5) is 3.69. The van der Waals surface area contributed by atoms with Crippen molar-refractivity contribution in [3.05, 3.63) is 150 Å². The molecule has 0 unspecified atom stereocenters. The van der Waals surface area contributed by atoms with Gasteiger partial charge in [-0.15, -0.1) is 11.3 Å². The van der Waals surface area contributed by atoms with Gasteiger partial charge in [-0.2, -0.15) is 10.5 Å². The summed E-state index contributed by atoms with van der Waals surface area (Å²) in [5.74, 6) is 0. The molecule has 4 heterocycles. The van der Waals surface area contributed by atoms with Crippen molar-refractivity contribution in [3.63, 3.8) is 0 Å². The van der Waals surface area contributed by atoms with Gasteiger partial charge in [0.1, 0.15) is 17.2 Å². The summed E-state index contributed by atoms with van der Waals surface area (Å²) in [6, 6.07) is 48.1. The fraction of sp³-hybridized carbons (Fsp3) is 0. The highest BCUT2D eigenvalue weighted by atomic mass is 32.1. The van der Waals surface area contributed by atoms with Crippen molar-refractivity contribution in [2.75, 3.05) is 0 Å². The molecule has 11 aromatic rings. The molecule has 0 N–H and O–H groups in total. The average molecular weight is 680 g/mol. The van der Waals surface area contributed by atoms with E-state index in [0.29, 0.717) is 28.0 Å².